The molecule has 8 aromatic carbocycles. The van der Waals surface area contributed by atoms with Gasteiger partial charge in [-0.3, -0.25) is 0 Å². The Bertz CT molecular complexity index is 2860. The maximum absolute atomic E-state index is 5.22. The number of hydrogen-bond donors (Lipinski definition) is 0. The number of fused-ring (bicyclic) bond motifs is 3. The fraction of sp³-hybridized carbons (Fsp3) is 0. The van der Waals surface area contributed by atoms with E-state index in [1.165, 1.54) is 10.8 Å². The number of anilines is 3. The molecular formula is C52H36N4. The van der Waals surface area contributed by atoms with Crippen LogP contribution >= 0.6 is 0 Å². The molecule has 0 aliphatic heterocycles. The molecule has 0 aliphatic carbocycles. The van der Waals surface area contributed by atoms with Crippen LogP contribution in [0.2, 0.25) is 0 Å². The number of para-hydroxylation sites is 4. The fourth-order valence-electron chi connectivity index (χ4n) is 7.78. The van der Waals surface area contributed by atoms with E-state index in [1.54, 1.807) is 0 Å². The number of hydrogen-bond acceptors (Lipinski definition) is 3. The zero-order valence-corrected chi connectivity index (χ0v) is 30.6. The Hall–Kier alpha value is -7.56. The Morgan fingerprint density at radius 1 is 0.339 bits per heavy atom. The highest BCUT2D eigenvalue weighted by Gasteiger charge is 2.19. The summed E-state index contributed by atoms with van der Waals surface area (Å²) >= 11 is 0. The van der Waals surface area contributed by atoms with Gasteiger partial charge in [0.1, 0.15) is 0 Å². The Morgan fingerprint density at radius 3 is 1.61 bits per heavy atom. The second-order valence-electron chi connectivity index (χ2n) is 13.9. The van der Waals surface area contributed by atoms with E-state index in [-0.39, 0.29) is 0 Å². The van der Waals surface area contributed by atoms with Crippen LogP contribution in [0.3, 0.4) is 0 Å². The molecule has 10 aromatic rings. The van der Waals surface area contributed by atoms with Crippen molar-refractivity contribution in [3.8, 4) is 50.7 Å². The Labute approximate surface area is 326 Å². The minimum absolute atomic E-state index is 0.698. The van der Waals surface area contributed by atoms with Gasteiger partial charge in [-0.2, -0.15) is 0 Å². The van der Waals surface area contributed by atoms with Crippen molar-refractivity contribution in [3.63, 3.8) is 0 Å². The van der Waals surface area contributed by atoms with Crippen molar-refractivity contribution in [2.24, 2.45) is 0 Å². The molecule has 0 unspecified atom stereocenters. The summed E-state index contributed by atoms with van der Waals surface area (Å²) in [5.41, 5.74) is 13.8. The molecule has 0 atom stereocenters. The molecule has 0 saturated heterocycles. The Morgan fingerprint density at radius 2 is 0.875 bits per heavy atom. The summed E-state index contributed by atoms with van der Waals surface area (Å²) in [5, 5.41) is 2.39. The van der Waals surface area contributed by atoms with Gasteiger partial charge in [0.05, 0.1) is 28.1 Å². The van der Waals surface area contributed by atoms with E-state index < -0.39 is 0 Å². The average molecular weight is 717 g/mol. The smallest absolute Gasteiger partial charge is 0.160 e. The van der Waals surface area contributed by atoms with Crippen LogP contribution in [0.15, 0.2) is 218 Å². The lowest BCUT2D eigenvalue weighted by atomic mass is 10.0. The molecule has 0 fully saturated rings. The van der Waals surface area contributed by atoms with E-state index in [2.05, 4.69) is 204 Å². The molecule has 10 rings (SSSR count). The van der Waals surface area contributed by atoms with E-state index in [9.17, 15) is 0 Å². The normalized spacial score (nSPS) is 11.2. The summed E-state index contributed by atoms with van der Waals surface area (Å²) in [5.74, 6) is 0.698. The van der Waals surface area contributed by atoms with Crippen molar-refractivity contribution in [3.05, 3.63) is 218 Å². The monoisotopic (exact) mass is 716 g/mol. The molecule has 4 heteroatoms. The van der Waals surface area contributed by atoms with E-state index in [0.29, 0.717) is 5.82 Å². The lowest BCUT2D eigenvalue weighted by Crippen LogP contribution is -2.09. The Kier molecular flexibility index (Phi) is 8.47. The zero-order chi connectivity index (χ0) is 37.3. The minimum atomic E-state index is 0.698. The van der Waals surface area contributed by atoms with E-state index in [0.717, 1.165) is 73.0 Å². The summed E-state index contributed by atoms with van der Waals surface area (Å²) in [4.78, 5) is 12.6. The summed E-state index contributed by atoms with van der Waals surface area (Å²) in [6.07, 6.45) is 0. The van der Waals surface area contributed by atoms with Gasteiger partial charge in [-0.25, -0.2) is 9.97 Å². The van der Waals surface area contributed by atoms with Crippen LogP contribution in [0.25, 0.3) is 72.5 Å². The quantitative estimate of drug-likeness (QED) is 0.157. The van der Waals surface area contributed by atoms with Crippen molar-refractivity contribution in [1.29, 1.82) is 0 Å². The third-order valence-corrected chi connectivity index (χ3v) is 10.4. The van der Waals surface area contributed by atoms with Gasteiger partial charge in [0.2, 0.25) is 0 Å². The third kappa shape index (κ3) is 6.09. The summed E-state index contributed by atoms with van der Waals surface area (Å²) in [6, 6.07) is 76.8. The van der Waals surface area contributed by atoms with Crippen molar-refractivity contribution in [2.75, 3.05) is 4.90 Å². The van der Waals surface area contributed by atoms with Crippen LogP contribution in [0.4, 0.5) is 17.1 Å². The predicted octanol–water partition coefficient (Wildman–Crippen LogP) is 13.7. The van der Waals surface area contributed by atoms with Crippen molar-refractivity contribution in [2.45, 2.75) is 0 Å². The molecule has 2 heterocycles. The van der Waals surface area contributed by atoms with Gasteiger partial charge in [-0.05, 0) is 77.9 Å². The summed E-state index contributed by atoms with van der Waals surface area (Å²) in [6.45, 7) is 0. The van der Waals surface area contributed by atoms with E-state index in [4.69, 9.17) is 9.97 Å². The first-order chi connectivity index (χ1) is 27.8. The minimum Gasteiger partial charge on any atom is -0.310 e. The number of rotatable bonds is 8. The molecule has 4 nitrogen and oxygen atoms in total. The molecule has 0 spiro atoms. The van der Waals surface area contributed by atoms with Gasteiger partial charge in [0.25, 0.3) is 0 Å². The highest BCUT2D eigenvalue weighted by Crippen LogP contribution is 2.40. The highest BCUT2D eigenvalue weighted by atomic mass is 15.1. The molecule has 0 radical (unpaired) electrons. The van der Waals surface area contributed by atoms with Crippen LogP contribution in [0.1, 0.15) is 0 Å². The molecule has 0 aliphatic rings. The van der Waals surface area contributed by atoms with Gasteiger partial charge in [0.15, 0.2) is 5.82 Å². The van der Waals surface area contributed by atoms with Crippen LogP contribution in [-0.4, -0.2) is 14.5 Å². The SMILES string of the molecule is c1ccc(-c2cc(-c3ccccc3-n3c4ccccc4c4cc(-c5cccc(N(c6ccccc6)c6ccccc6)c5)ccc43)nc(-c3ccccc3)n2)cc1. The molecule has 2 aromatic heterocycles. The zero-order valence-electron chi connectivity index (χ0n) is 30.6. The van der Waals surface area contributed by atoms with Gasteiger partial charge in [-0.1, -0.05) is 152 Å². The largest absolute Gasteiger partial charge is 0.310 e. The summed E-state index contributed by atoms with van der Waals surface area (Å²) < 4.78 is 2.39. The van der Waals surface area contributed by atoms with Crippen LogP contribution in [0, 0.1) is 0 Å². The first kappa shape index (κ1) is 33.0. The molecule has 0 N–H and O–H groups in total. The van der Waals surface area contributed by atoms with Crippen LogP contribution in [0.5, 0.6) is 0 Å². The first-order valence-corrected chi connectivity index (χ1v) is 18.9. The van der Waals surface area contributed by atoms with Crippen molar-refractivity contribution in [1.82, 2.24) is 14.5 Å². The maximum atomic E-state index is 5.22. The van der Waals surface area contributed by atoms with Crippen molar-refractivity contribution < 1.29 is 0 Å². The highest BCUT2D eigenvalue weighted by molar-refractivity contribution is 6.11. The van der Waals surface area contributed by atoms with Crippen molar-refractivity contribution >= 4 is 38.9 Å². The summed E-state index contributed by atoms with van der Waals surface area (Å²) in [7, 11) is 0. The molecule has 0 bridgehead atoms. The average Bonchev–Trinajstić information content (AvgIpc) is 3.61. The van der Waals surface area contributed by atoms with Crippen LogP contribution < -0.4 is 4.90 Å². The van der Waals surface area contributed by atoms with Crippen LogP contribution in [-0.2, 0) is 0 Å². The molecule has 56 heavy (non-hydrogen) atoms. The molecular weight excluding hydrogens is 681 g/mol. The lowest BCUT2D eigenvalue weighted by molar-refractivity contribution is 1.15. The van der Waals surface area contributed by atoms with E-state index in [1.807, 2.05) is 24.3 Å². The molecule has 0 saturated carbocycles. The van der Waals surface area contributed by atoms with Gasteiger partial charge in [0, 0.05) is 44.5 Å². The topological polar surface area (TPSA) is 34.0 Å². The fourth-order valence-corrected chi connectivity index (χ4v) is 7.78. The first-order valence-electron chi connectivity index (χ1n) is 18.9. The third-order valence-electron chi connectivity index (χ3n) is 10.4. The maximum Gasteiger partial charge on any atom is 0.160 e. The lowest BCUT2D eigenvalue weighted by Gasteiger charge is -2.26. The van der Waals surface area contributed by atoms with Gasteiger partial charge < -0.3 is 9.47 Å². The second-order valence-corrected chi connectivity index (χ2v) is 13.9. The van der Waals surface area contributed by atoms with Gasteiger partial charge >= 0.3 is 0 Å². The van der Waals surface area contributed by atoms with E-state index >= 15 is 0 Å². The molecule has 264 valence electrons. The standard InChI is InChI=1S/C52H36N4/c1-5-18-37(19-6-1)47-36-48(54-52(53-47)38-20-7-2-8-21-38)45-29-14-16-31-50(45)56-49-30-15-13-28-44(49)46-35-40(32-33-51(46)56)39-22-17-27-43(34-39)55(41-23-9-3-10-24-41)42-25-11-4-12-26-42/h1-36H. The second kappa shape index (κ2) is 14.3. The Balaban J connectivity index is 1.12. The number of benzene rings is 8. The number of nitrogens with zero attached hydrogens (tertiary/aromatic N) is 4. The predicted molar refractivity (Wildman–Crippen MR) is 233 cm³/mol. The molecule has 0 amide bonds. The number of aromatic nitrogens is 3. The van der Waals surface area contributed by atoms with Gasteiger partial charge in [-0.15, -0.1) is 0 Å².